The number of nitrogens with zero attached hydrogens (tertiary/aromatic N) is 3. The Balaban J connectivity index is 1.55. The topological polar surface area (TPSA) is 96.6 Å². The number of amides is 1. The van der Waals surface area contributed by atoms with Crippen molar-refractivity contribution in [2.75, 3.05) is 5.75 Å². The van der Waals surface area contributed by atoms with Crippen LogP contribution < -0.4 is 11.0 Å². The van der Waals surface area contributed by atoms with Crippen LogP contribution in [-0.2, 0) is 4.79 Å². The van der Waals surface area contributed by atoms with Crippen molar-refractivity contribution in [2.24, 2.45) is 5.10 Å². The highest BCUT2D eigenvalue weighted by atomic mass is 127. The lowest BCUT2D eigenvalue weighted by Gasteiger charge is -2.12. The minimum atomic E-state index is -0.363. The molecule has 0 aliphatic carbocycles. The molecule has 0 radical (unpaired) electrons. The molecule has 1 heterocycles. The normalized spacial score (nSPS) is 11.2. The minimum Gasteiger partial charge on any atom is -0.506 e. The maximum absolute atomic E-state index is 13.2. The third-order valence-corrected chi connectivity index (χ3v) is 6.93. The predicted molar refractivity (Wildman–Crippen MR) is 147 cm³/mol. The number of halogens is 2. The number of phenols is 1. The van der Waals surface area contributed by atoms with Gasteiger partial charge in [-0.25, -0.2) is 10.4 Å². The van der Waals surface area contributed by atoms with Crippen molar-refractivity contribution in [1.82, 2.24) is 15.0 Å². The van der Waals surface area contributed by atoms with Crippen molar-refractivity contribution in [2.45, 2.75) is 5.16 Å². The quantitative estimate of drug-likeness (QED) is 0.102. The number of hydrazone groups is 1. The molecule has 1 aromatic heterocycles. The van der Waals surface area contributed by atoms with Gasteiger partial charge in [0.2, 0.25) is 0 Å². The van der Waals surface area contributed by atoms with Crippen LogP contribution in [0.15, 0.2) is 81.8 Å². The molecule has 0 aliphatic heterocycles. The number of hydrogen-bond acceptors (Lipinski definition) is 6. The Morgan fingerprint density at radius 2 is 1.85 bits per heavy atom. The van der Waals surface area contributed by atoms with E-state index in [1.54, 1.807) is 24.3 Å². The molecule has 4 rings (SSSR count). The summed E-state index contributed by atoms with van der Waals surface area (Å²) in [5.41, 5.74) is 4.01. The highest BCUT2D eigenvalue weighted by Crippen LogP contribution is 2.25. The zero-order chi connectivity index (χ0) is 23.4. The number of thioether (sulfide) groups is 1. The van der Waals surface area contributed by atoms with Gasteiger partial charge in [-0.3, -0.25) is 14.2 Å². The van der Waals surface area contributed by atoms with Crippen molar-refractivity contribution >= 4 is 80.0 Å². The number of aromatic nitrogens is 2. The van der Waals surface area contributed by atoms with Crippen molar-refractivity contribution in [3.8, 4) is 11.4 Å². The summed E-state index contributed by atoms with van der Waals surface area (Å²) in [6.45, 7) is 0. The first-order valence-corrected chi connectivity index (χ1v) is 12.8. The lowest BCUT2D eigenvalue weighted by molar-refractivity contribution is -0.118. The fourth-order valence-corrected chi connectivity index (χ4v) is 5.73. The van der Waals surface area contributed by atoms with Crippen LogP contribution in [0, 0.1) is 7.14 Å². The van der Waals surface area contributed by atoms with Crippen molar-refractivity contribution in [1.29, 1.82) is 0 Å². The largest absolute Gasteiger partial charge is 0.506 e. The van der Waals surface area contributed by atoms with Gasteiger partial charge in [-0.1, -0.05) is 42.1 Å². The molecule has 0 fully saturated rings. The fraction of sp³-hybridized carbons (Fsp3) is 0.0435. The van der Waals surface area contributed by atoms with Gasteiger partial charge in [0.15, 0.2) is 5.16 Å². The molecular weight excluding hydrogens is 666 g/mol. The summed E-state index contributed by atoms with van der Waals surface area (Å²) in [6.07, 6.45) is 1.40. The zero-order valence-corrected chi connectivity index (χ0v) is 22.0. The van der Waals surface area contributed by atoms with E-state index < -0.39 is 0 Å². The minimum absolute atomic E-state index is 0.00476. The van der Waals surface area contributed by atoms with Gasteiger partial charge in [0.05, 0.1) is 32.1 Å². The Labute approximate surface area is 220 Å². The lowest BCUT2D eigenvalue weighted by atomic mass is 10.2. The molecule has 166 valence electrons. The standard InChI is InChI=1S/C23H16I2N4O3S/c24-15-10-14(21(31)18(25)11-15)12-26-28-20(30)13-33-23-27-19-9-5-4-8-17(19)22(32)29(23)16-6-2-1-3-7-16/h1-12,31H,13H2,(H,28,30). The Kier molecular flexibility index (Phi) is 7.65. The van der Waals surface area contributed by atoms with Gasteiger partial charge in [0.1, 0.15) is 5.75 Å². The number of phenolic OH excluding ortho intramolecular Hbond substituents is 1. The van der Waals surface area contributed by atoms with Gasteiger partial charge >= 0.3 is 0 Å². The number of aromatic hydroxyl groups is 1. The molecule has 0 spiro atoms. The number of fused-ring (bicyclic) bond motifs is 1. The second-order valence-electron chi connectivity index (χ2n) is 6.79. The summed E-state index contributed by atoms with van der Waals surface area (Å²) >= 11 is 5.33. The first-order valence-electron chi connectivity index (χ1n) is 9.64. The van der Waals surface area contributed by atoms with Gasteiger partial charge < -0.3 is 5.11 Å². The molecule has 0 bridgehead atoms. The molecule has 2 N–H and O–H groups in total. The van der Waals surface area contributed by atoms with Crippen LogP contribution in [0.2, 0.25) is 0 Å². The van der Waals surface area contributed by atoms with Gasteiger partial charge in [0.25, 0.3) is 11.5 Å². The van der Waals surface area contributed by atoms with E-state index in [9.17, 15) is 14.7 Å². The second kappa shape index (κ2) is 10.7. The van der Waals surface area contributed by atoms with Crippen LogP contribution in [-0.4, -0.2) is 32.5 Å². The molecule has 0 aliphatic rings. The first kappa shape index (κ1) is 23.7. The Bertz CT molecular complexity index is 1420. The maximum atomic E-state index is 13.2. The molecule has 0 atom stereocenters. The van der Waals surface area contributed by atoms with E-state index >= 15 is 0 Å². The van der Waals surface area contributed by atoms with Crippen LogP contribution in [0.25, 0.3) is 16.6 Å². The highest BCUT2D eigenvalue weighted by Gasteiger charge is 2.14. The summed E-state index contributed by atoms with van der Waals surface area (Å²) in [4.78, 5) is 30.2. The van der Waals surface area contributed by atoms with Gasteiger partial charge in [0, 0.05) is 9.13 Å². The van der Waals surface area contributed by atoms with E-state index in [1.165, 1.54) is 10.8 Å². The number of hydrogen-bond donors (Lipinski definition) is 2. The third-order valence-electron chi connectivity index (χ3n) is 4.54. The van der Waals surface area contributed by atoms with Crippen LogP contribution in [0.1, 0.15) is 5.56 Å². The summed E-state index contributed by atoms with van der Waals surface area (Å²) in [5, 5.41) is 15.0. The van der Waals surface area contributed by atoms with E-state index in [0.29, 0.717) is 30.9 Å². The summed E-state index contributed by atoms with van der Waals surface area (Å²) < 4.78 is 3.15. The van der Waals surface area contributed by atoms with Crippen molar-refractivity contribution in [3.63, 3.8) is 0 Å². The molecule has 0 saturated carbocycles. The number of carbonyl (C=O) groups excluding carboxylic acids is 1. The molecule has 0 unspecified atom stereocenters. The number of carbonyl (C=O) groups is 1. The molecular formula is C23H16I2N4O3S. The average molecular weight is 682 g/mol. The van der Waals surface area contributed by atoms with Crippen LogP contribution in [0.5, 0.6) is 5.75 Å². The van der Waals surface area contributed by atoms with E-state index in [0.717, 1.165) is 15.3 Å². The molecule has 7 nitrogen and oxygen atoms in total. The molecule has 0 saturated heterocycles. The van der Waals surface area contributed by atoms with Crippen LogP contribution >= 0.6 is 56.9 Å². The number of rotatable bonds is 6. The van der Waals surface area contributed by atoms with Crippen molar-refractivity contribution < 1.29 is 9.90 Å². The van der Waals surface area contributed by atoms with E-state index in [2.05, 4.69) is 38.1 Å². The third kappa shape index (κ3) is 5.55. The SMILES string of the molecule is O=C(CSc1nc2ccccc2c(=O)n1-c1ccccc1)NN=Cc1cc(I)cc(I)c1O. The number of nitrogens with one attached hydrogen (secondary N) is 1. The summed E-state index contributed by atoms with van der Waals surface area (Å²) in [6, 6.07) is 19.9. The van der Waals surface area contributed by atoms with Gasteiger partial charge in [-0.2, -0.15) is 5.10 Å². The van der Waals surface area contributed by atoms with Gasteiger partial charge in [-0.05, 0) is 81.6 Å². The first-order chi connectivity index (χ1) is 15.9. The Morgan fingerprint density at radius 1 is 1.12 bits per heavy atom. The predicted octanol–water partition coefficient (Wildman–Crippen LogP) is 4.54. The maximum Gasteiger partial charge on any atom is 0.266 e. The lowest BCUT2D eigenvalue weighted by Crippen LogP contribution is -2.24. The number of benzene rings is 3. The molecule has 1 amide bonds. The summed E-state index contributed by atoms with van der Waals surface area (Å²) in [7, 11) is 0. The van der Waals surface area contributed by atoms with Crippen LogP contribution in [0.3, 0.4) is 0 Å². The van der Waals surface area contributed by atoms with Gasteiger partial charge in [-0.15, -0.1) is 0 Å². The zero-order valence-electron chi connectivity index (χ0n) is 16.9. The number of para-hydroxylation sites is 2. The highest BCUT2D eigenvalue weighted by molar-refractivity contribution is 14.1. The fourth-order valence-electron chi connectivity index (χ4n) is 3.03. The molecule has 3 aromatic carbocycles. The van der Waals surface area contributed by atoms with Crippen LogP contribution in [0.4, 0.5) is 0 Å². The smallest absolute Gasteiger partial charge is 0.266 e. The summed E-state index contributed by atoms with van der Waals surface area (Å²) in [5.74, 6) is -0.251. The van der Waals surface area contributed by atoms with E-state index in [1.807, 2.05) is 65.1 Å². The molecule has 4 aromatic rings. The Hall–Kier alpha value is -2.45. The monoisotopic (exact) mass is 682 g/mol. The Morgan fingerprint density at radius 3 is 2.64 bits per heavy atom. The van der Waals surface area contributed by atoms with Crippen molar-refractivity contribution in [3.05, 3.63) is 89.8 Å². The molecule has 33 heavy (non-hydrogen) atoms. The molecule has 10 heteroatoms. The van der Waals surface area contributed by atoms with E-state index in [-0.39, 0.29) is 23.0 Å². The second-order valence-corrected chi connectivity index (χ2v) is 10.1. The van der Waals surface area contributed by atoms with E-state index in [4.69, 9.17) is 0 Å². The average Bonchev–Trinajstić information content (AvgIpc) is 2.81.